The molecular weight excluding hydrogens is 370 g/mol. The van der Waals surface area contributed by atoms with Crippen LogP contribution in [0, 0.1) is 24.0 Å². The van der Waals surface area contributed by atoms with E-state index in [0.717, 1.165) is 22.3 Å². The van der Waals surface area contributed by atoms with Gasteiger partial charge in [0.2, 0.25) is 0 Å². The number of nitro benzene ring substituents is 1. The topological polar surface area (TPSA) is 106 Å². The molecule has 2 N–H and O–H groups in total. The van der Waals surface area contributed by atoms with Crippen LogP contribution >= 0.6 is 0 Å². The number of hydrogen-bond donors (Lipinski definition) is 2. The molecule has 1 aromatic heterocycles. The van der Waals surface area contributed by atoms with Gasteiger partial charge < -0.3 is 10.4 Å². The van der Waals surface area contributed by atoms with Crippen molar-refractivity contribution >= 4 is 22.4 Å². The van der Waals surface area contributed by atoms with Crippen LogP contribution in [0.15, 0.2) is 60.7 Å². The number of hydrogen-bond acceptors (Lipinski definition) is 6. The van der Waals surface area contributed by atoms with Crippen molar-refractivity contribution in [3.63, 3.8) is 0 Å². The van der Waals surface area contributed by atoms with Crippen molar-refractivity contribution in [1.82, 2.24) is 15.0 Å². The molecule has 8 nitrogen and oxygen atoms in total. The van der Waals surface area contributed by atoms with Gasteiger partial charge in [-0.1, -0.05) is 35.0 Å². The largest absolute Gasteiger partial charge is 0.508 e. The fourth-order valence-electron chi connectivity index (χ4n) is 3.35. The molecule has 0 aliphatic carbocycles. The van der Waals surface area contributed by atoms with Gasteiger partial charge >= 0.3 is 0 Å². The lowest BCUT2D eigenvalue weighted by molar-refractivity contribution is -0.385. The molecule has 8 heteroatoms. The molecule has 1 atom stereocenters. The Kier molecular flexibility index (Phi) is 4.59. The van der Waals surface area contributed by atoms with Crippen molar-refractivity contribution in [2.45, 2.75) is 20.0 Å². The predicted octanol–water partition coefficient (Wildman–Crippen LogP) is 4.32. The van der Waals surface area contributed by atoms with Gasteiger partial charge in [-0.25, -0.2) is 4.68 Å². The lowest BCUT2D eigenvalue weighted by Gasteiger charge is -2.23. The third-order valence-corrected chi connectivity index (χ3v) is 4.81. The maximum Gasteiger partial charge on any atom is 0.270 e. The average molecular weight is 389 g/mol. The van der Waals surface area contributed by atoms with Crippen LogP contribution < -0.4 is 5.32 Å². The van der Waals surface area contributed by atoms with E-state index < -0.39 is 11.1 Å². The Hall–Kier alpha value is -3.94. The summed E-state index contributed by atoms with van der Waals surface area (Å²) < 4.78 is 1.62. The fourth-order valence-corrected chi connectivity index (χ4v) is 3.35. The summed E-state index contributed by atoms with van der Waals surface area (Å²) in [6.45, 7) is 3.98. The van der Waals surface area contributed by atoms with Gasteiger partial charge in [-0.15, -0.1) is 5.10 Å². The minimum Gasteiger partial charge on any atom is -0.508 e. The molecular formula is C21H19N5O3. The molecule has 0 aliphatic heterocycles. The second-order valence-corrected chi connectivity index (χ2v) is 6.89. The molecule has 0 saturated carbocycles. The molecule has 4 aromatic rings. The lowest BCUT2D eigenvalue weighted by atomic mass is 10.1. The summed E-state index contributed by atoms with van der Waals surface area (Å²) in [4.78, 5) is 10.8. The highest BCUT2D eigenvalue weighted by molar-refractivity contribution is 5.74. The van der Waals surface area contributed by atoms with Crippen LogP contribution in [0.3, 0.4) is 0 Å². The third kappa shape index (κ3) is 3.47. The Balaban J connectivity index is 1.90. The van der Waals surface area contributed by atoms with Gasteiger partial charge in [-0.3, -0.25) is 10.1 Å². The lowest BCUT2D eigenvalue weighted by Crippen LogP contribution is -2.22. The standard InChI is InChI=1S/C21H19N5O3/c1-13-7-9-17(14(2)11-13)22-21(16-12-15(26(28)29)8-10-20(16)27)25-19-6-4-3-5-18(19)23-24-25/h3-12,21-22,27H,1-2H3. The first-order chi connectivity index (χ1) is 13.9. The van der Waals surface area contributed by atoms with Gasteiger partial charge in [0.1, 0.15) is 11.3 Å². The van der Waals surface area contributed by atoms with E-state index in [1.165, 1.54) is 18.2 Å². The molecule has 0 aliphatic rings. The van der Waals surface area contributed by atoms with Crippen LogP contribution in [-0.4, -0.2) is 25.0 Å². The van der Waals surface area contributed by atoms with E-state index in [2.05, 4.69) is 15.6 Å². The maximum atomic E-state index is 11.3. The van der Waals surface area contributed by atoms with E-state index in [-0.39, 0.29) is 11.4 Å². The first-order valence-corrected chi connectivity index (χ1v) is 9.05. The molecule has 0 fully saturated rings. The summed E-state index contributed by atoms with van der Waals surface area (Å²) in [7, 11) is 0. The van der Waals surface area contributed by atoms with Crippen LogP contribution in [0.2, 0.25) is 0 Å². The van der Waals surface area contributed by atoms with Crippen LogP contribution in [0.5, 0.6) is 5.75 Å². The normalized spacial score (nSPS) is 12.1. The average Bonchev–Trinajstić information content (AvgIpc) is 3.12. The predicted molar refractivity (Wildman–Crippen MR) is 110 cm³/mol. The second-order valence-electron chi connectivity index (χ2n) is 6.89. The molecule has 146 valence electrons. The van der Waals surface area contributed by atoms with E-state index in [4.69, 9.17) is 0 Å². The first-order valence-electron chi connectivity index (χ1n) is 9.05. The number of aryl methyl sites for hydroxylation is 2. The molecule has 1 heterocycles. The van der Waals surface area contributed by atoms with Crippen molar-refractivity contribution in [3.05, 3.63) is 87.5 Å². The van der Waals surface area contributed by atoms with Crippen LogP contribution in [-0.2, 0) is 0 Å². The van der Waals surface area contributed by atoms with Crippen molar-refractivity contribution in [2.24, 2.45) is 0 Å². The summed E-state index contributed by atoms with van der Waals surface area (Å²) in [5.41, 5.74) is 4.58. The van der Waals surface area contributed by atoms with E-state index in [9.17, 15) is 15.2 Å². The molecule has 4 rings (SSSR count). The minimum absolute atomic E-state index is 0.0718. The van der Waals surface area contributed by atoms with E-state index in [0.29, 0.717) is 11.1 Å². The Morgan fingerprint density at radius 3 is 2.66 bits per heavy atom. The van der Waals surface area contributed by atoms with Crippen molar-refractivity contribution in [2.75, 3.05) is 5.32 Å². The minimum atomic E-state index is -0.705. The van der Waals surface area contributed by atoms with Crippen LogP contribution in [0.25, 0.3) is 11.0 Å². The number of non-ortho nitro benzene ring substituents is 1. The number of nitrogens with one attached hydrogen (secondary N) is 1. The van der Waals surface area contributed by atoms with Crippen LogP contribution in [0.1, 0.15) is 22.9 Å². The van der Waals surface area contributed by atoms with Gasteiger partial charge in [-0.05, 0) is 43.7 Å². The molecule has 29 heavy (non-hydrogen) atoms. The molecule has 0 spiro atoms. The third-order valence-electron chi connectivity index (χ3n) is 4.81. The molecule has 0 amide bonds. The maximum absolute atomic E-state index is 11.3. The van der Waals surface area contributed by atoms with E-state index >= 15 is 0 Å². The number of aromatic nitrogens is 3. The Labute approximate surface area is 166 Å². The smallest absolute Gasteiger partial charge is 0.270 e. The number of aromatic hydroxyl groups is 1. The molecule has 0 bridgehead atoms. The highest BCUT2D eigenvalue weighted by Crippen LogP contribution is 2.33. The number of para-hydroxylation sites is 1. The molecule has 0 saturated heterocycles. The van der Waals surface area contributed by atoms with Gasteiger partial charge in [0, 0.05) is 23.4 Å². The number of nitrogens with zero attached hydrogens (tertiary/aromatic N) is 4. The highest BCUT2D eigenvalue weighted by Gasteiger charge is 2.24. The highest BCUT2D eigenvalue weighted by atomic mass is 16.6. The van der Waals surface area contributed by atoms with Gasteiger partial charge in [-0.2, -0.15) is 0 Å². The number of anilines is 1. The SMILES string of the molecule is Cc1ccc(NC(c2cc([N+](=O)[O-])ccc2O)n2nnc3ccccc32)c(C)c1. The number of fused-ring (bicyclic) bond motifs is 1. The van der Waals surface area contributed by atoms with Gasteiger partial charge in [0.05, 0.1) is 10.4 Å². The monoisotopic (exact) mass is 389 g/mol. The summed E-state index contributed by atoms with van der Waals surface area (Å²) in [5, 5.41) is 33.6. The first kappa shape index (κ1) is 18.4. The molecule has 0 radical (unpaired) electrons. The number of benzene rings is 3. The number of nitro groups is 1. The Bertz CT molecular complexity index is 1220. The van der Waals surface area contributed by atoms with Crippen molar-refractivity contribution < 1.29 is 10.0 Å². The number of phenolic OH excluding ortho intramolecular Hbond substituents is 1. The quantitative estimate of drug-likeness (QED) is 0.389. The zero-order valence-electron chi connectivity index (χ0n) is 15.9. The summed E-state index contributed by atoms with van der Waals surface area (Å²) >= 11 is 0. The molecule has 1 unspecified atom stereocenters. The van der Waals surface area contributed by atoms with Gasteiger partial charge in [0.15, 0.2) is 6.17 Å². The van der Waals surface area contributed by atoms with E-state index in [1.54, 1.807) is 4.68 Å². The zero-order valence-corrected chi connectivity index (χ0v) is 15.9. The summed E-state index contributed by atoms with van der Waals surface area (Å²) in [6.07, 6.45) is -0.705. The molecule has 3 aromatic carbocycles. The summed E-state index contributed by atoms with van der Waals surface area (Å²) in [6, 6.07) is 17.3. The van der Waals surface area contributed by atoms with Crippen molar-refractivity contribution in [3.8, 4) is 5.75 Å². The van der Waals surface area contributed by atoms with Gasteiger partial charge in [0.25, 0.3) is 5.69 Å². The van der Waals surface area contributed by atoms with Crippen molar-refractivity contribution in [1.29, 1.82) is 0 Å². The Morgan fingerprint density at radius 2 is 1.90 bits per heavy atom. The summed E-state index contributed by atoms with van der Waals surface area (Å²) in [5.74, 6) is -0.0718. The number of rotatable bonds is 5. The number of phenols is 1. The van der Waals surface area contributed by atoms with Crippen LogP contribution in [0.4, 0.5) is 11.4 Å². The Morgan fingerprint density at radius 1 is 1.10 bits per heavy atom. The van der Waals surface area contributed by atoms with E-state index in [1.807, 2.05) is 56.3 Å². The fraction of sp³-hybridized carbons (Fsp3) is 0.143. The zero-order chi connectivity index (χ0) is 20.5. The second kappa shape index (κ2) is 7.23.